The number of carbonyl (C=O) groups is 2. The third-order valence-electron chi connectivity index (χ3n) is 3.83. The molecule has 1 aliphatic carbocycles. The first kappa shape index (κ1) is 15.0. The van der Waals surface area contributed by atoms with Crippen LogP contribution >= 0.6 is 11.3 Å². The van der Waals surface area contributed by atoms with Crippen LogP contribution in [0.2, 0.25) is 0 Å². The first-order valence-electron chi connectivity index (χ1n) is 7.20. The summed E-state index contributed by atoms with van der Waals surface area (Å²) in [5, 5.41) is 5.71. The Kier molecular flexibility index (Phi) is 5.17. The van der Waals surface area contributed by atoms with E-state index < -0.39 is 0 Å². The van der Waals surface area contributed by atoms with Gasteiger partial charge < -0.3 is 10.6 Å². The SMILES string of the molecule is Cc1ccc(C(=O)NCC(=O)N[C@H]2CCCC[C@H]2C)s1. The van der Waals surface area contributed by atoms with Gasteiger partial charge in [-0.2, -0.15) is 0 Å². The zero-order chi connectivity index (χ0) is 14.5. The lowest BCUT2D eigenvalue weighted by atomic mass is 9.86. The molecule has 1 aliphatic rings. The van der Waals surface area contributed by atoms with Gasteiger partial charge in [-0.05, 0) is 37.8 Å². The monoisotopic (exact) mass is 294 g/mol. The van der Waals surface area contributed by atoms with Crippen LogP contribution in [0, 0.1) is 12.8 Å². The number of rotatable bonds is 4. The summed E-state index contributed by atoms with van der Waals surface area (Å²) in [6.07, 6.45) is 4.65. The molecule has 0 saturated heterocycles. The summed E-state index contributed by atoms with van der Waals surface area (Å²) in [5.74, 6) is 0.267. The van der Waals surface area contributed by atoms with E-state index in [1.165, 1.54) is 30.6 Å². The second-order valence-electron chi connectivity index (χ2n) is 5.53. The molecule has 2 amide bonds. The summed E-state index contributed by atoms with van der Waals surface area (Å²) >= 11 is 1.44. The Balaban J connectivity index is 1.76. The summed E-state index contributed by atoms with van der Waals surface area (Å²) < 4.78 is 0. The van der Waals surface area contributed by atoms with Gasteiger partial charge in [0, 0.05) is 10.9 Å². The van der Waals surface area contributed by atoms with Crippen LogP contribution in [0.15, 0.2) is 12.1 Å². The molecule has 0 unspecified atom stereocenters. The highest BCUT2D eigenvalue weighted by molar-refractivity contribution is 7.13. The summed E-state index contributed by atoms with van der Waals surface area (Å²) in [7, 11) is 0. The van der Waals surface area contributed by atoms with Gasteiger partial charge in [0.1, 0.15) is 0 Å². The summed E-state index contributed by atoms with van der Waals surface area (Å²) in [6.45, 7) is 4.19. The molecule has 2 N–H and O–H groups in total. The standard InChI is InChI=1S/C15H22N2O2S/c1-10-5-3-4-6-12(10)17-14(18)9-16-15(19)13-8-7-11(2)20-13/h7-8,10,12H,3-6,9H2,1-2H3,(H,16,19)(H,17,18)/t10-,12+/m1/s1. The van der Waals surface area contributed by atoms with Crippen molar-refractivity contribution in [3.05, 3.63) is 21.9 Å². The van der Waals surface area contributed by atoms with E-state index in [0.717, 1.165) is 11.3 Å². The van der Waals surface area contributed by atoms with Crippen molar-refractivity contribution in [2.24, 2.45) is 5.92 Å². The smallest absolute Gasteiger partial charge is 0.261 e. The molecule has 0 bridgehead atoms. The van der Waals surface area contributed by atoms with E-state index in [-0.39, 0.29) is 24.4 Å². The van der Waals surface area contributed by atoms with Gasteiger partial charge in [-0.15, -0.1) is 11.3 Å². The van der Waals surface area contributed by atoms with Gasteiger partial charge in [0.2, 0.25) is 5.91 Å². The number of nitrogens with one attached hydrogen (secondary N) is 2. The van der Waals surface area contributed by atoms with Crippen LogP contribution in [-0.4, -0.2) is 24.4 Å². The highest BCUT2D eigenvalue weighted by Gasteiger charge is 2.22. The molecule has 0 spiro atoms. The summed E-state index contributed by atoms with van der Waals surface area (Å²) in [4.78, 5) is 25.5. The van der Waals surface area contributed by atoms with Gasteiger partial charge in [-0.25, -0.2) is 0 Å². The Morgan fingerprint density at radius 3 is 2.70 bits per heavy atom. The maximum atomic E-state index is 11.9. The second-order valence-corrected chi connectivity index (χ2v) is 6.82. The predicted molar refractivity (Wildman–Crippen MR) is 81.0 cm³/mol. The molecule has 0 radical (unpaired) electrons. The van der Waals surface area contributed by atoms with Gasteiger partial charge in [-0.1, -0.05) is 19.8 Å². The van der Waals surface area contributed by atoms with Crippen LogP contribution in [0.25, 0.3) is 0 Å². The Morgan fingerprint density at radius 1 is 1.30 bits per heavy atom. The highest BCUT2D eigenvalue weighted by Crippen LogP contribution is 2.23. The highest BCUT2D eigenvalue weighted by atomic mass is 32.1. The van der Waals surface area contributed by atoms with Crippen molar-refractivity contribution in [1.29, 1.82) is 0 Å². The van der Waals surface area contributed by atoms with Gasteiger partial charge in [0.05, 0.1) is 11.4 Å². The minimum atomic E-state index is -0.171. The van der Waals surface area contributed by atoms with Crippen LogP contribution in [-0.2, 0) is 4.79 Å². The molecule has 110 valence electrons. The Labute approximate surface area is 124 Å². The molecule has 20 heavy (non-hydrogen) atoms. The van der Waals surface area contributed by atoms with E-state index in [0.29, 0.717) is 10.8 Å². The number of hydrogen-bond acceptors (Lipinski definition) is 3. The van der Waals surface area contributed by atoms with Crippen molar-refractivity contribution in [3.63, 3.8) is 0 Å². The molecule has 0 aliphatic heterocycles. The zero-order valence-corrected chi connectivity index (χ0v) is 12.9. The Bertz CT molecular complexity index is 484. The van der Waals surface area contributed by atoms with Crippen LogP contribution in [0.4, 0.5) is 0 Å². The van der Waals surface area contributed by atoms with E-state index in [9.17, 15) is 9.59 Å². The predicted octanol–water partition coefficient (Wildman–Crippen LogP) is 2.48. The van der Waals surface area contributed by atoms with Crippen LogP contribution < -0.4 is 10.6 Å². The first-order chi connectivity index (χ1) is 9.56. The molecular formula is C15H22N2O2S. The van der Waals surface area contributed by atoms with E-state index in [1.807, 2.05) is 13.0 Å². The van der Waals surface area contributed by atoms with Crippen LogP contribution in [0.5, 0.6) is 0 Å². The van der Waals surface area contributed by atoms with Crippen molar-refractivity contribution < 1.29 is 9.59 Å². The molecule has 2 atom stereocenters. The van der Waals surface area contributed by atoms with E-state index in [1.54, 1.807) is 6.07 Å². The van der Waals surface area contributed by atoms with E-state index in [2.05, 4.69) is 17.6 Å². The number of thiophene rings is 1. The second kappa shape index (κ2) is 6.88. The zero-order valence-electron chi connectivity index (χ0n) is 12.1. The third kappa shape index (κ3) is 4.07. The largest absolute Gasteiger partial charge is 0.352 e. The topological polar surface area (TPSA) is 58.2 Å². The Morgan fingerprint density at radius 2 is 2.05 bits per heavy atom. The van der Waals surface area contributed by atoms with Crippen molar-refractivity contribution in [2.45, 2.75) is 45.6 Å². The fraction of sp³-hybridized carbons (Fsp3) is 0.600. The van der Waals surface area contributed by atoms with Gasteiger partial charge >= 0.3 is 0 Å². The minimum absolute atomic E-state index is 0.0546. The number of amides is 2. The lowest BCUT2D eigenvalue weighted by Crippen LogP contribution is -2.45. The normalized spacial score (nSPS) is 22.3. The molecule has 2 rings (SSSR count). The molecule has 4 nitrogen and oxygen atoms in total. The average molecular weight is 294 g/mol. The molecule has 1 fully saturated rings. The van der Waals surface area contributed by atoms with Gasteiger partial charge in [0.25, 0.3) is 5.91 Å². The fourth-order valence-corrected chi connectivity index (χ4v) is 3.38. The molecule has 1 aromatic heterocycles. The summed E-state index contributed by atoms with van der Waals surface area (Å²) in [5.41, 5.74) is 0. The lowest BCUT2D eigenvalue weighted by Gasteiger charge is -2.29. The van der Waals surface area contributed by atoms with Gasteiger partial charge in [0.15, 0.2) is 0 Å². The molecular weight excluding hydrogens is 272 g/mol. The maximum absolute atomic E-state index is 11.9. The molecule has 1 saturated carbocycles. The third-order valence-corrected chi connectivity index (χ3v) is 4.83. The maximum Gasteiger partial charge on any atom is 0.261 e. The van der Waals surface area contributed by atoms with Crippen molar-refractivity contribution >= 4 is 23.2 Å². The Hall–Kier alpha value is -1.36. The molecule has 1 aromatic rings. The minimum Gasteiger partial charge on any atom is -0.352 e. The van der Waals surface area contributed by atoms with Crippen LogP contribution in [0.3, 0.4) is 0 Å². The number of carbonyl (C=O) groups excluding carboxylic acids is 2. The van der Waals surface area contributed by atoms with E-state index >= 15 is 0 Å². The average Bonchev–Trinajstić information content (AvgIpc) is 2.85. The van der Waals surface area contributed by atoms with Crippen molar-refractivity contribution in [2.75, 3.05) is 6.54 Å². The fourth-order valence-electron chi connectivity index (χ4n) is 2.59. The van der Waals surface area contributed by atoms with Crippen LogP contribution in [0.1, 0.15) is 47.2 Å². The molecule has 0 aromatic carbocycles. The van der Waals surface area contributed by atoms with Crippen molar-refractivity contribution in [1.82, 2.24) is 10.6 Å². The lowest BCUT2D eigenvalue weighted by molar-refractivity contribution is -0.121. The number of hydrogen-bond donors (Lipinski definition) is 2. The van der Waals surface area contributed by atoms with Gasteiger partial charge in [-0.3, -0.25) is 9.59 Å². The quantitative estimate of drug-likeness (QED) is 0.896. The molecule has 5 heteroatoms. The molecule has 1 heterocycles. The summed E-state index contributed by atoms with van der Waals surface area (Å²) in [6, 6.07) is 3.96. The first-order valence-corrected chi connectivity index (χ1v) is 8.02. The van der Waals surface area contributed by atoms with Crippen molar-refractivity contribution in [3.8, 4) is 0 Å². The number of aryl methyl sites for hydroxylation is 1. The van der Waals surface area contributed by atoms with E-state index in [4.69, 9.17) is 0 Å².